The molecule has 0 aliphatic carbocycles. The van der Waals surface area contributed by atoms with Gasteiger partial charge in [-0.2, -0.15) is 0 Å². The third-order valence-corrected chi connectivity index (χ3v) is 5.77. The molecule has 0 unspecified atom stereocenters. The number of carbonyl (C=O) groups is 2. The SMILES string of the molecule is COc1ccc(C(=O)NCCc2nnc(SCC(=O)Nc3cc(C)cc(C)c3)n2C)cc1. The average Bonchev–Trinajstić information content (AvgIpc) is 3.11. The molecule has 0 saturated heterocycles. The van der Waals surface area contributed by atoms with Gasteiger partial charge in [0, 0.05) is 31.3 Å². The average molecular weight is 454 g/mol. The molecule has 0 atom stereocenters. The minimum absolute atomic E-state index is 0.101. The Morgan fingerprint density at radius 1 is 1.06 bits per heavy atom. The second kappa shape index (κ2) is 10.8. The van der Waals surface area contributed by atoms with Gasteiger partial charge in [-0.1, -0.05) is 17.8 Å². The summed E-state index contributed by atoms with van der Waals surface area (Å²) in [6.45, 7) is 4.42. The van der Waals surface area contributed by atoms with Gasteiger partial charge in [0.2, 0.25) is 5.91 Å². The summed E-state index contributed by atoms with van der Waals surface area (Å²) in [6.07, 6.45) is 0.528. The number of thioether (sulfide) groups is 1. The number of nitrogens with zero attached hydrogens (tertiary/aromatic N) is 3. The first-order valence-electron chi connectivity index (χ1n) is 10.2. The number of carbonyl (C=O) groups excluding carboxylic acids is 2. The zero-order valence-corrected chi connectivity index (χ0v) is 19.5. The van der Waals surface area contributed by atoms with Crippen LogP contribution in [0.2, 0.25) is 0 Å². The first-order valence-corrected chi connectivity index (χ1v) is 11.2. The quantitative estimate of drug-likeness (QED) is 0.483. The summed E-state index contributed by atoms with van der Waals surface area (Å²) in [5.74, 6) is 1.40. The standard InChI is InChI=1S/C23H27N5O3S/c1-15-11-16(2)13-18(12-15)25-21(29)14-32-23-27-26-20(28(23)3)9-10-24-22(30)17-5-7-19(31-4)8-6-17/h5-8,11-13H,9-10,14H2,1-4H3,(H,24,30)(H,25,29). The molecular formula is C23H27N5O3S. The van der Waals surface area contributed by atoms with Crippen molar-refractivity contribution < 1.29 is 14.3 Å². The van der Waals surface area contributed by atoms with E-state index in [4.69, 9.17) is 4.74 Å². The molecule has 0 radical (unpaired) electrons. The summed E-state index contributed by atoms with van der Waals surface area (Å²) >= 11 is 1.32. The summed E-state index contributed by atoms with van der Waals surface area (Å²) < 4.78 is 6.94. The van der Waals surface area contributed by atoms with E-state index in [0.29, 0.717) is 29.4 Å². The number of benzene rings is 2. The van der Waals surface area contributed by atoms with E-state index in [-0.39, 0.29) is 17.6 Å². The van der Waals surface area contributed by atoms with Crippen LogP contribution >= 0.6 is 11.8 Å². The second-order valence-corrected chi connectivity index (χ2v) is 8.35. The fourth-order valence-electron chi connectivity index (χ4n) is 3.19. The van der Waals surface area contributed by atoms with Gasteiger partial charge in [0.15, 0.2) is 5.16 Å². The maximum atomic E-state index is 12.3. The summed E-state index contributed by atoms with van der Waals surface area (Å²) in [6, 6.07) is 12.9. The van der Waals surface area contributed by atoms with Gasteiger partial charge in [0.05, 0.1) is 12.9 Å². The Labute approximate surface area is 191 Å². The van der Waals surface area contributed by atoms with E-state index in [1.807, 2.05) is 37.6 Å². The van der Waals surface area contributed by atoms with Gasteiger partial charge in [0.1, 0.15) is 11.6 Å². The second-order valence-electron chi connectivity index (χ2n) is 7.41. The largest absolute Gasteiger partial charge is 0.497 e. The van der Waals surface area contributed by atoms with Crippen LogP contribution in [0.4, 0.5) is 5.69 Å². The van der Waals surface area contributed by atoms with Crippen molar-refractivity contribution in [3.63, 3.8) is 0 Å². The molecule has 0 aliphatic rings. The number of rotatable bonds is 9. The molecule has 3 rings (SSSR count). The van der Waals surface area contributed by atoms with Crippen molar-refractivity contribution in [3.8, 4) is 5.75 Å². The molecule has 168 valence electrons. The lowest BCUT2D eigenvalue weighted by Crippen LogP contribution is -2.26. The summed E-state index contributed by atoms with van der Waals surface area (Å²) in [4.78, 5) is 24.6. The Bertz CT molecular complexity index is 1080. The molecule has 32 heavy (non-hydrogen) atoms. The lowest BCUT2D eigenvalue weighted by molar-refractivity contribution is -0.113. The molecule has 1 heterocycles. The fraction of sp³-hybridized carbons (Fsp3) is 0.304. The smallest absolute Gasteiger partial charge is 0.251 e. The maximum Gasteiger partial charge on any atom is 0.251 e. The van der Waals surface area contributed by atoms with Crippen LogP contribution in [0.25, 0.3) is 0 Å². The fourth-order valence-corrected chi connectivity index (χ4v) is 3.92. The Morgan fingerprint density at radius 3 is 2.41 bits per heavy atom. The van der Waals surface area contributed by atoms with Gasteiger partial charge >= 0.3 is 0 Å². The molecule has 1 aromatic heterocycles. The van der Waals surface area contributed by atoms with Crippen molar-refractivity contribution in [2.24, 2.45) is 7.05 Å². The lowest BCUT2D eigenvalue weighted by Gasteiger charge is -2.08. The molecule has 8 nitrogen and oxygen atoms in total. The number of nitrogens with one attached hydrogen (secondary N) is 2. The molecule has 3 aromatic rings. The van der Waals surface area contributed by atoms with Crippen molar-refractivity contribution in [1.29, 1.82) is 0 Å². The van der Waals surface area contributed by atoms with E-state index in [0.717, 1.165) is 22.6 Å². The first-order chi connectivity index (χ1) is 15.4. The van der Waals surface area contributed by atoms with E-state index < -0.39 is 0 Å². The van der Waals surface area contributed by atoms with E-state index in [1.165, 1.54) is 11.8 Å². The van der Waals surface area contributed by atoms with Crippen molar-refractivity contribution >= 4 is 29.3 Å². The zero-order valence-electron chi connectivity index (χ0n) is 18.6. The van der Waals surface area contributed by atoms with E-state index in [2.05, 4.69) is 26.9 Å². The van der Waals surface area contributed by atoms with Crippen molar-refractivity contribution in [3.05, 3.63) is 65.0 Å². The van der Waals surface area contributed by atoms with Crippen LogP contribution in [-0.2, 0) is 18.3 Å². The van der Waals surface area contributed by atoms with Gasteiger partial charge in [0.25, 0.3) is 5.91 Å². The number of anilines is 1. The van der Waals surface area contributed by atoms with Crippen LogP contribution < -0.4 is 15.4 Å². The molecule has 0 saturated carbocycles. The van der Waals surface area contributed by atoms with Crippen LogP contribution in [0.3, 0.4) is 0 Å². The van der Waals surface area contributed by atoms with Gasteiger partial charge in [-0.3, -0.25) is 9.59 Å². The molecule has 0 spiro atoms. The minimum atomic E-state index is -0.160. The number of amides is 2. The van der Waals surface area contributed by atoms with Crippen LogP contribution in [-0.4, -0.2) is 46.0 Å². The highest BCUT2D eigenvalue weighted by atomic mass is 32.2. The third kappa shape index (κ3) is 6.34. The predicted octanol–water partition coefficient (Wildman–Crippen LogP) is 3.14. The van der Waals surface area contributed by atoms with E-state index >= 15 is 0 Å². The highest BCUT2D eigenvalue weighted by Crippen LogP contribution is 2.18. The van der Waals surface area contributed by atoms with Gasteiger partial charge in [-0.15, -0.1) is 10.2 Å². The summed E-state index contributed by atoms with van der Waals surface area (Å²) in [7, 11) is 3.44. The van der Waals surface area contributed by atoms with Crippen LogP contribution in [0, 0.1) is 13.8 Å². The Hall–Kier alpha value is -3.33. The first kappa shape index (κ1) is 23.3. The molecular weight excluding hydrogens is 426 g/mol. The van der Waals surface area contributed by atoms with Crippen LogP contribution in [0.5, 0.6) is 5.75 Å². The number of ether oxygens (including phenoxy) is 1. The summed E-state index contributed by atoms with van der Waals surface area (Å²) in [5, 5.41) is 14.8. The third-order valence-electron chi connectivity index (χ3n) is 4.75. The number of aryl methyl sites for hydroxylation is 2. The zero-order chi connectivity index (χ0) is 23.1. The summed E-state index contributed by atoms with van der Waals surface area (Å²) in [5.41, 5.74) is 3.56. The maximum absolute atomic E-state index is 12.3. The topological polar surface area (TPSA) is 98.1 Å². The number of hydrogen-bond donors (Lipinski definition) is 2. The van der Waals surface area contributed by atoms with Crippen molar-refractivity contribution in [1.82, 2.24) is 20.1 Å². The van der Waals surface area contributed by atoms with E-state index in [1.54, 1.807) is 31.4 Å². The Balaban J connectivity index is 1.47. The number of methoxy groups -OCH3 is 1. The van der Waals surface area contributed by atoms with Gasteiger partial charge < -0.3 is 19.9 Å². The number of aromatic nitrogens is 3. The Morgan fingerprint density at radius 2 is 1.75 bits per heavy atom. The normalized spacial score (nSPS) is 10.6. The lowest BCUT2D eigenvalue weighted by atomic mass is 10.1. The molecule has 0 bridgehead atoms. The Kier molecular flexibility index (Phi) is 7.88. The molecule has 0 aliphatic heterocycles. The molecule has 0 fully saturated rings. The van der Waals surface area contributed by atoms with E-state index in [9.17, 15) is 9.59 Å². The minimum Gasteiger partial charge on any atom is -0.497 e. The monoisotopic (exact) mass is 453 g/mol. The number of hydrogen-bond acceptors (Lipinski definition) is 6. The van der Waals surface area contributed by atoms with Crippen LogP contribution in [0.1, 0.15) is 27.3 Å². The van der Waals surface area contributed by atoms with Crippen molar-refractivity contribution in [2.45, 2.75) is 25.4 Å². The highest BCUT2D eigenvalue weighted by Gasteiger charge is 2.13. The molecule has 9 heteroatoms. The molecule has 2 amide bonds. The predicted molar refractivity (Wildman–Crippen MR) is 125 cm³/mol. The molecule has 2 aromatic carbocycles. The van der Waals surface area contributed by atoms with Crippen molar-refractivity contribution in [2.75, 3.05) is 24.7 Å². The van der Waals surface area contributed by atoms with Gasteiger partial charge in [-0.25, -0.2) is 0 Å². The van der Waals surface area contributed by atoms with Crippen LogP contribution in [0.15, 0.2) is 47.6 Å². The molecule has 2 N–H and O–H groups in total. The highest BCUT2D eigenvalue weighted by molar-refractivity contribution is 7.99. The van der Waals surface area contributed by atoms with Gasteiger partial charge in [-0.05, 0) is 61.4 Å².